The standard InChI is InChI=1S/C19H17F3N4O2/c1-11-9-14(3-4-15(11)19(20,21)22)25-17(27)16-12(2)26-28-18(16)24-10-13-5-7-23-8-6-13/h3-9,24H,10H2,1-2H3,(H,25,27). The molecular weight excluding hydrogens is 373 g/mol. The van der Waals surface area contributed by atoms with Crippen LogP contribution in [0.3, 0.4) is 0 Å². The van der Waals surface area contributed by atoms with Crippen molar-refractivity contribution in [3.8, 4) is 0 Å². The van der Waals surface area contributed by atoms with Crippen LogP contribution in [0.15, 0.2) is 47.2 Å². The number of benzene rings is 1. The zero-order chi connectivity index (χ0) is 20.3. The lowest BCUT2D eigenvalue weighted by molar-refractivity contribution is -0.138. The zero-order valence-electron chi connectivity index (χ0n) is 15.1. The molecule has 3 rings (SSSR count). The van der Waals surface area contributed by atoms with E-state index in [1.807, 2.05) is 0 Å². The summed E-state index contributed by atoms with van der Waals surface area (Å²) >= 11 is 0. The van der Waals surface area contributed by atoms with E-state index in [4.69, 9.17) is 4.52 Å². The van der Waals surface area contributed by atoms with Crippen molar-refractivity contribution < 1.29 is 22.5 Å². The SMILES string of the molecule is Cc1cc(NC(=O)c2c(C)noc2NCc2ccncc2)ccc1C(F)(F)F. The Morgan fingerprint density at radius 3 is 2.50 bits per heavy atom. The van der Waals surface area contributed by atoms with Crippen LogP contribution in [-0.4, -0.2) is 16.0 Å². The number of aryl methyl sites for hydroxylation is 2. The molecule has 0 unspecified atom stereocenters. The highest BCUT2D eigenvalue weighted by molar-refractivity contribution is 6.08. The number of anilines is 2. The highest BCUT2D eigenvalue weighted by Crippen LogP contribution is 2.33. The second-order valence-electron chi connectivity index (χ2n) is 6.16. The van der Waals surface area contributed by atoms with E-state index in [1.165, 1.54) is 19.1 Å². The van der Waals surface area contributed by atoms with E-state index in [1.54, 1.807) is 31.5 Å². The molecule has 1 aromatic carbocycles. The number of aromatic nitrogens is 2. The van der Waals surface area contributed by atoms with Crippen molar-refractivity contribution in [2.45, 2.75) is 26.6 Å². The predicted molar refractivity (Wildman–Crippen MR) is 96.9 cm³/mol. The van der Waals surface area contributed by atoms with Crippen LogP contribution in [0.4, 0.5) is 24.7 Å². The van der Waals surface area contributed by atoms with Gasteiger partial charge in [-0.25, -0.2) is 0 Å². The van der Waals surface area contributed by atoms with Gasteiger partial charge in [0.05, 0.1) is 11.3 Å². The number of nitrogens with one attached hydrogen (secondary N) is 2. The fourth-order valence-electron chi connectivity index (χ4n) is 2.69. The molecule has 0 aliphatic rings. The van der Waals surface area contributed by atoms with Gasteiger partial charge in [0.1, 0.15) is 5.56 Å². The van der Waals surface area contributed by atoms with E-state index < -0.39 is 17.6 Å². The van der Waals surface area contributed by atoms with Crippen LogP contribution in [0.1, 0.15) is 32.7 Å². The number of amides is 1. The van der Waals surface area contributed by atoms with Crippen molar-refractivity contribution in [1.82, 2.24) is 10.1 Å². The number of nitrogens with zero attached hydrogens (tertiary/aromatic N) is 2. The first-order valence-electron chi connectivity index (χ1n) is 8.34. The Morgan fingerprint density at radius 2 is 1.86 bits per heavy atom. The summed E-state index contributed by atoms with van der Waals surface area (Å²) < 4.78 is 43.8. The second kappa shape index (κ2) is 7.71. The van der Waals surface area contributed by atoms with Gasteiger partial charge in [0.15, 0.2) is 0 Å². The Kier molecular flexibility index (Phi) is 5.34. The molecule has 2 heterocycles. The largest absolute Gasteiger partial charge is 0.416 e. The third-order valence-electron chi connectivity index (χ3n) is 4.08. The van der Waals surface area contributed by atoms with Gasteiger partial charge in [-0.1, -0.05) is 5.16 Å². The van der Waals surface area contributed by atoms with Gasteiger partial charge in [-0.2, -0.15) is 13.2 Å². The van der Waals surface area contributed by atoms with E-state index in [0.29, 0.717) is 12.2 Å². The average molecular weight is 390 g/mol. The lowest BCUT2D eigenvalue weighted by Crippen LogP contribution is -2.15. The van der Waals surface area contributed by atoms with Gasteiger partial charge in [-0.3, -0.25) is 9.78 Å². The number of pyridine rings is 1. The Hall–Kier alpha value is -3.36. The number of rotatable bonds is 5. The average Bonchev–Trinajstić information content (AvgIpc) is 3.00. The first-order chi connectivity index (χ1) is 13.3. The molecule has 6 nitrogen and oxygen atoms in total. The molecule has 146 valence electrons. The van der Waals surface area contributed by atoms with Crippen LogP contribution >= 0.6 is 0 Å². The van der Waals surface area contributed by atoms with Crippen molar-refractivity contribution in [1.29, 1.82) is 0 Å². The van der Waals surface area contributed by atoms with E-state index in [9.17, 15) is 18.0 Å². The van der Waals surface area contributed by atoms with Crippen LogP contribution in [0.5, 0.6) is 0 Å². The van der Waals surface area contributed by atoms with E-state index in [-0.39, 0.29) is 22.7 Å². The van der Waals surface area contributed by atoms with E-state index in [2.05, 4.69) is 20.8 Å². The lowest BCUT2D eigenvalue weighted by Gasteiger charge is -2.12. The minimum Gasteiger partial charge on any atom is -0.349 e. The van der Waals surface area contributed by atoms with Crippen LogP contribution in [0.25, 0.3) is 0 Å². The molecule has 28 heavy (non-hydrogen) atoms. The third kappa shape index (κ3) is 4.30. The maximum absolute atomic E-state index is 12.9. The fraction of sp³-hybridized carbons (Fsp3) is 0.211. The number of carbonyl (C=O) groups is 1. The quantitative estimate of drug-likeness (QED) is 0.667. The molecule has 0 radical (unpaired) electrons. The minimum absolute atomic E-state index is 0.0170. The predicted octanol–water partition coefficient (Wildman–Crippen LogP) is 4.57. The minimum atomic E-state index is -4.44. The Morgan fingerprint density at radius 1 is 1.14 bits per heavy atom. The lowest BCUT2D eigenvalue weighted by atomic mass is 10.1. The molecular formula is C19H17F3N4O2. The Labute approximate surface area is 158 Å². The summed E-state index contributed by atoms with van der Waals surface area (Å²) in [6.07, 6.45) is -1.16. The number of hydrogen-bond acceptors (Lipinski definition) is 5. The molecule has 0 fully saturated rings. The molecule has 0 atom stereocenters. The maximum atomic E-state index is 12.9. The Bertz CT molecular complexity index is 985. The van der Waals surface area contributed by atoms with Gasteiger partial charge in [0.2, 0.25) is 5.88 Å². The summed E-state index contributed by atoms with van der Waals surface area (Å²) in [5.41, 5.74) is 0.990. The van der Waals surface area contributed by atoms with E-state index in [0.717, 1.165) is 11.6 Å². The first kappa shape index (κ1) is 19.4. The summed E-state index contributed by atoms with van der Waals surface area (Å²) in [4.78, 5) is 16.6. The van der Waals surface area contributed by atoms with Crippen LogP contribution in [0.2, 0.25) is 0 Å². The van der Waals surface area contributed by atoms with Crippen molar-refractivity contribution in [3.05, 3.63) is 70.7 Å². The zero-order valence-corrected chi connectivity index (χ0v) is 15.1. The maximum Gasteiger partial charge on any atom is 0.416 e. The first-order valence-corrected chi connectivity index (χ1v) is 8.34. The number of alkyl halides is 3. The molecule has 1 amide bonds. The van der Waals surface area contributed by atoms with Crippen molar-refractivity contribution in [2.75, 3.05) is 10.6 Å². The number of halogens is 3. The molecule has 2 N–H and O–H groups in total. The van der Waals surface area contributed by atoms with Crippen molar-refractivity contribution in [3.63, 3.8) is 0 Å². The number of hydrogen-bond donors (Lipinski definition) is 2. The van der Waals surface area contributed by atoms with Crippen LogP contribution in [-0.2, 0) is 12.7 Å². The monoisotopic (exact) mass is 390 g/mol. The Balaban J connectivity index is 1.76. The van der Waals surface area contributed by atoms with Crippen molar-refractivity contribution in [2.24, 2.45) is 0 Å². The second-order valence-corrected chi connectivity index (χ2v) is 6.16. The van der Waals surface area contributed by atoms with Crippen LogP contribution in [0, 0.1) is 13.8 Å². The molecule has 0 saturated carbocycles. The summed E-state index contributed by atoms with van der Waals surface area (Å²) in [5, 5.41) is 9.37. The molecule has 0 aliphatic heterocycles. The highest BCUT2D eigenvalue weighted by atomic mass is 19.4. The molecule has 2 aromatic heterocycles. The molecule has 0 spiro atoms. The van der Waals surface area contributed by atoms with Gasteiger partial charge in [-0.05, 0) is 55.3 Å². The highest BCUT2D eigenvalue weighted by Gasteiger charge is 2.32. The van der Waals surface area contributed by atoms with Crippen molar-refractivity contribution >= 4 is 17.5 Å². The summed E-state index contributed by atoms with van der Waals surface area (Å²) in [6.45, 7) is 3.33. The normalized spacial score (nSPS) is 11.3. The summed E-state index contributed by atoms with van der Waals surface area (Å²) in [5.74, 6) is -0.356. The molecule has 9 heteroatoms. The summed E-state index contributed by atoms with van der Waals surface area (Å²) in [7, 11) is 0. The topological polar surface area (TPSA) is 80.0 Å². The van der Waals surface area contributed by atoms with Crippen LogP contribution < -0.4 is 10.6 Å². The molecule has 3 aromatic rings. The van der Waals surface area contributed by atoms with E-state index >= 15 is 0 Å². The molecule has 0 saturated heterocycles. The third-order valence-corrected chi connectivity index (χ3v) is 4.08. The smallest absolute Gasteiger partial charge is 0.349 e. The number of carbonyl (C=O) groups excluding carboxylic acids is 1. The van der Waals surface area contributed by atoms with Gasteiger partial charge in [0, 0.05) is 24.6 Å². The fourth-order valence-corrected chi connectivity index (χ4v) is 2.69. The van der Waals surface area contributed by atoms with Gasteiger partial charge in [-0.15, -0.1) is 0 Å². The summed E-state index contributed by atoms with van der Waals surface area (Å²) in [6, 6.07) is 7.03. The van der Waals surface area contributed by atoms with Gasteiger partial charge in [0.25, 0.3) is 5.91 Å². The molecule has 0 bridgehead atoms. The van der Waals surface area contributed by atoms with Gasteiger partial charge < -0.3 is 15.2 Å². The molecule has 0 aliphatic carbocycles. The van der Waals surface area contributed by atoms with Gasteiger partial charge >= 0.3 is 6.18 Å².